The normalized spacial score (nSPS) is 9.93. The second-order valence-electron chi connectivity index (χ2n) is 3.03. The van der Waals surface area contributed by atoms with Crippen LogP contribution in [-0.4, -0.2) is 15.5 Å². The summed E-state index contributed by atoms with van der Waals surface area (Å²) < 4.78 is 6.87. The summed E-state index contributed by atoms with van der Waals surface area (Å²) in [6, 6.07) is 7.30. The maximum atomic E-state index is 10.9. The van der Waals surface area contributed by atoms with Crippen LogP contribution in [0.4, 0.5) is 0 Å². The summed E-state index contributed by atoms with van der Waals surface area (Å²) in [5, 5.41) is 0. The van der Waals surface area contributed by atoms with Gasteiger partial charge in [0.15, 0.2) is 5.75 Å². The summed E-state index contributed by atoms with van der Waals surface area (Å²) in [6.45, 7) is 1.38. The molecule has 1 heterocycles. The van der Waals surface area contributed by atoms with Crippen LogP contribution in [-0.2, 0) is 4.79 Å². The molecule has 0 N–H and O–H groups in total. The quantitative estimate of drug-likeness (QED) is 0.551. The third-order valence-electron chi connectivity index (χ3n) is 1.90. The number of carbonyl (C=O) groups excluding carboxylic acids is 1. The van der Waals surface area contributed by atoms with E-state index >= 15 is 0 Å². The van der Waals surface area contributed by atoms with Crippen molar-refractivity contribution < 1.29 is 9.53 Å². The third-order valence-corrected chi connectivity index (χ3v) is 1.90. The van der Waals surface area contributed by atoms with Crippen molar-refractivity contribution >= 4 is 5.97 Å². The Labute approximate surface area is 87.1 Å². The van der Waals surface area contributed by atoms with Crippen LogP contribution in [0.25, 0.3) is 5.69 Å². The molecule has 0 aliphatic carbocycles. The molecule has 0 unspecified atom stereocenters. The van der Waals surface area contributed by atoms with Gasteiger partial charge in [0, 0.05) is 19.3 Å². The lowest BCUT2D eigenvalue weighted by atomic mass is 10.3. The summed E-state index contributed by atoms with van der Waals surface area (Å²) in [5.74, 6) is 0.200. The van der Waals surface area contributed by atoms with Gasteiger partial charge in [-0.05, 0) is 12.1 Å². The predicted molar refractivity (Wildman–Crippen MR) is 54.9 cm³/mol. The van der Waals surface area contributed by atoms with Crippen molar-refractivity contribution in [1.82, 2.24) is 9.55 Å². The Kier molecular flexibility index (Phi) is 2.49. The number of imidazole rings is 1. The van der Waals surface area contributed by atoms with Crippen molar-refractivity contribution in [2.45, 2.75) is 6.92 Å². The van der Waals surface area contributed by atoms with Gasteiger partial charge in [-0.1, -0.05) is 12.1 Å². The first-order valence-electron chi connectivity index (χ1n) is 4.53. The maximum Gasteiger partial charge on any atom is 0.308 e. The lowest BCUT2D eigenvalue weighted by Gasteiger charge is -2.08. The fourth-order valence-corrected chi connectivity index (χ4v) is 1.31. The minimum atomic E-state index is -0.331. The van der Waals surface area contributed by atoms with E-state index in [2.05, 4.69) is 4.98 Å². The van der Waals surface area contributed by atoms with Crippen LogP contribution in [0.3, 0.4) is 0 Å². The number of esters is 1. The number of benzene rings is 1. The Morgan fingerprint density at radius 1 is 1.40 bits per heavy atom. The number of hydrogen-bond acceptors (Lipinski definition) is 3. The van der Waals surface area contributed by atoms with Crippen LogP contribution in [0, 0.1) is 0 Å². The molecule has 1 aromatic carbocycles. The summed E-state index contributed by atoms with van der Waals surface area (Å²) in [5.41, 5.74) is 0.796. The van der Waals surface area contributed by atoms with E-state index in [4.69, 9.17) is 4.74 Å². The average molecular weight is 202 g/mol. The van der Waals surface area contributed by atoms with Gasteiger partial charge in [-0.2, -0.15) is 0 Å². The fourth-order valence-electron chi connectivity index (χ4n) is 1.31. The largest absolute Gasteiger partial charge is 0.424 e. The van der Waals surface area contributed by atoms with Crippen molar-refractivity contribution in [2.24, 2.45) is 0 Å². The Bertz CT molecular complexity index is 463. The first kappa shape index (κ1) is 9.45. The molecule has 0 amide bonds. The molecular formula is C11H10N2O2. The summed E-state index contributed by atoms with van der Waals surface area (Å²) in [4.78, 5) is 14.8. The van der Waals surface area contributed by atoms with Crippen molar-refractivity contribution in [3.8, 4) is 11.4 Å². The van der Waals surface area contributed by atoms with Crippen LogP contribution in [0.1, 0.15) is 6.92 Å². The topological polar surface area (TPSA) is 44.1 Å². The number of nitrogens with zero attached hydrogens (tertiary/aromatic N) is 2. The molecule has 4 heteroatoms. The monoisotopic (exact) mass is 202 g/mol. The highest BCUT2D eigenvalue weighted by Gasteiger charge is 2.06. The molecule has 0 fully saturated rings. The molecular weight excluding hydrogens is 192 g/mol. The van der Waals surface area contributed by atoms with Crippen LogP contribution >= 0.6 is 0 Å². The molecule has 0 aliphatic rings. The van der Waals surface area contributed by atoms with Gasteiger partial charge in [0.2, 0.25) is 0 Å². The van der Waals surface area contributed by atoms with Gasteiger partial charge >= 0.3 is 5.97 Å². The number of aromatic nitrogens is 2. The van der Waals surface area contributed by atoms with E-state index < -0.39 is 0 Å². The zero-order valence-corrected chi connectivity index (χ0v) is 8.25. The highest BCUT2D eigenvalue weighted by Crippen LogP contribution is 2.21. The predicted octanol–water partition coefficient (Wildman–Crippen LogP) is 1.80. The summed E-state index contributed by atoms with van der Waals surface area (Å²) >= 11 is 0. The van der Waals surface area contributed by atoms with E-state index in [1.807, 2.05) is 18.2 Å². The van der Waals surface area contributed by atoms with E-state index in [9.17, 15) is 4.79 Å². The number of rotatable bonds is 2. The first-order chi connectivity index (χ1) is 7.27. The van der Waals surface area contributed by atoms with Crippen LogP contribution in [0.15, 0.2) is 43.0 Å². The van der Waals surface area contributed by atoms with Crippen LogP contribution in [0.2, 0.25) is 0 Å². The van der Waals surface area contributed by atoms with Crippen LogP contribution < -0.4 is 4.74 Å². The average Bonchev–Trinajstić information content (AvgIpc) is 2.70. The second kappa shape index (κ2) is 3.96. The summed E-state index contributed by atoms with van der Waals surface area (Å²) in [7, 11) is 0. The maximum absolute atomic E-state index is 10.9. The van der Waals surface area contributed by atoms with Crippen molar-refractivity contribution in [3.63, 3.8) is 0 Å². The lowest BCUT2D eigenvalue weighted by molar-refractivity contribution is -0.131. The minimum Gasteiger partial charge on any atom is -0.424 e. The standard InChI is InChI=1S/C11H10N2O2/c1-9(14)15-11-5-3-2-4-10(11)13-7-6-12-8-13/h2-8H,1H3. The molecule has 1 aromatic heterocycles. The van der Waals surface area contributed by atoms with E-state index in [1.54, 1.807) is 29.4 Å². The smallest absolute Gasteiger partial charge is 0.308 e. The summed E-state index contributed by atoms with van der Waals surface area (Å²) in [6.07, 6.45) is 5.12. The van der Waals surface area contributed by atoms with E-state index in [0.717, 1.165) is 5.69 Å². The zero-order valence-electron chi connectivity index (χ0n) is 8.25. The van der Waals surface area contributed by atoms with Gasteiger partial charge < -0.3 is 9.30 Å². The zero-order chi connectivity index (χ0) is 10.7. The second-order valence-corrected chi connectivity index (χ2v) is 3.03. The van der Waals surface area contributed by atoms with E-state index in [-0.39, 0.29) is 5.97 Å². The van der Waals surface area contributed by atoms with Gasteiger partial charge in [-0.25, -0.2) is 4.98 Å². The molecule has 0 atom stereocenters. The van der Waals surface area contributed by atoms with Gasteiger partial charge in [0.1, 0.15) is 0 Å². The van der Waals surface area contributed by atoms with E-state index in [1.165, 1.54) is 6.92 Å². The fraction of sp³-hybridized carbons (Fsp3) is 0.0909. The number of hydrogen-bond donors (Lipinski definition) is 0. The highest BCUT2D eigenvalue weighted by molar-refractivity contribution is 5.70. The van der Waals surface area contributed by atoms with Gasteiger partial charge in [-0.15, -0.1) is 0 Å². The lowest BCUT2D eigenvalue weighted by Crippen LogP contribution is -2.04. The van der Waals surface area contributed by atoms with Gasteiger partial charge in [0.05, 0.1) is 12.0 Å². The van der Waals surface area contributed by atoms with Crippen molar-refractivity contribution in [1.29, 1.82) is 0 Å². The molecule has 0 spiro atoms. The minimum absolute atomic E-state index is 0.331. The molecule has 0 bridgehead atoms. The first-order valence-corrected chi connectivity index (χ1v) is 4.53. The molecule has 0 radical (unpaired) electrons. The number of ether oxygens (including phenoxy) is 1. The molecule has 76 valence electrons. The van der Waals surface area contributed by atoms with Gasteiger partial charge in [-0.3, -0.25) is 4.79 Å². The van der Waals surface area contributed by atoms with Crippen molar-refractivity contribution in [3.05, 3.63) is 43.0 Å². The number of carbonyl (C=O) groups is 1. The van der Waals surface area contributed by atoms with Crippen molar-refractivity contribution in [2.75, 3.05) is 0 Å². The Morgan fingerprint density at radius 3 is 2.87 bits per heavy atom. The highest BCUT2D eigenvalue weighted by atomic mass is 16.5. The SMILES string of the molecule is CC(=O)Oc1ccccc1-n1ccnc1. The van der Waals surface area contributed by atoms with Crippen LogP contribution in [0.5, 0.6) is 5.75 Å². The third kappa shape index (κ3) is 2.04. The molecule has 0 saturated carbocycles. The molecule has 15 heavy (non-hydrogen) atoms. The number of para-hydroxylation sites is 2. The molecule has 2 aromatic rings. The Balaban J connectivity index is 2.42. The molecule has 4 nitrogen and oxygen atoms in total. The molecule has 0 aliphatic heterocycles. The van der Waals surface area contributed by atoms with Gasteiger partial charge in [0.25, 0.3) is 0 Å². The molecule has 0 saturated heterocycles. The Morgan fingerprint density at radius 2 is 2.20 bits per heavy atom. The Hall–Kier alpha value is -2.10. The molecule has 2 rings (SSSR count). The van der Waals surface area contributed by atoms with E-state index in [0.29, 0.717) is 5.75 Å².